The van der Waals surface area contributed by atoms with Gasteiger partial charge in [0.25, 0.3) is 0 Å². The van der Waals surface area contributed by atoms with Gasteiger partial charge in [-0.2, -0.15) is 0 Å². The number of methoxy groups -OCH3 is 1. The van der Waals surface area contributed by atoms with Gasteiger partial charge in [0.2, 0.25) is 0 Å². The van der Waals surface area contributed by atoms with E-state index < -0.39 is 0 Å². The molecule has 1 aliphatic heterocycles. The van der Waals surface area contributed by atoms with Crippen LogP contribution in [0.2, 0.25) is 0 Å². The third-order valence-corrected chi connectivity index (χ3v) is 4.08. The maximum atomic E-state index is 5.76. The average Bonchev–Trinajstić information content (AvgIpc) is 2.40. The highest BCUT2D eigenvalue weighted by atomic mass is 16.5. The highest BCUT2D eigenvalue weighted by molar-refractivity contribution is 4.87. The first-order valence-corrected chi connectivity index (χ1v) is 7.61. The van der Waals surface area contributed by atoms with Crippen molar-refractivity contribution < 1.29 is 9.47 Å². The van der Waals surface area contributed by atoms with Crippen molar-refractivity contribution in [3.05, 3.63) is 0 Å². The van der Waals surface area contributed by atoms with Crippen LogP contribution in [0.25, 0.3) is 0 Å². The molecule has 2 atom stereocenters. The SMILES string of the molecule is CCCNCC1(CN(C)C(C)COC)CCCOC1. The lowest BCUT2D eigenvalue weighted by molar-refractivity contribution is -0.0317. The summed E-state index contributed by atoms with van der Waals surface area (Å²) in [5.74, 6) is 0. The third-order valence-electron chi connectivity index (χ3n) is 4.08. The topological polar surface area (TPSA) is 33.7 Å². The first kappa shape index (κ1) is 16.9. The van der Waals surface area contributed by atoms with E-state index in [2.05, 4.69) is 31.1 Å². The summed E-state index contributed by atoms with van der Waals surface area (Å²) in [6.07, 6.45) is 3.63. The van der Waals surface area contributed by atoms with Crippen molar-refractivity contribution in [3.63, 3.8) is 0 Å². The van der Waals surface area contributed by atoms with Gasteiger partial charge in [-0.3, -0.25) is 0 Å². The van der Waals surface area contributed by atoms with Gasteiger partial charge >= 0.3 is 0 Å². The molecule has 1 aliphatic rings. The molecule has 1 N–H and O–H groups in total. The molecule has 2 unspecified atom stereocenters. The molecule has 1 fully saturated rings. The van der Waals surface area contributed by atoms with Crippen molar-refractivity contribution in [2.24, 2.45) is 5.41 Å². The van der Waals surface area contributed by atoms with Gasteiger partial charge in [0, 0.05) is 38.3 Å². The van der Waals surface area contributed by atoms with Gasteiger partial charge in [0.05, 0.1) is 13.2 Å². The maximum absolute atomic E-state index is 5.76. The molecule has 19 heavy (non-hydrogen) atoms. The van der Waals surface area contributed by atoms with E-state index >= 15 is 0 Å². The van der Waals surface area contributed by atoms with Crippen LogP contribution in [0.1, 0.15) is 33.1 Å². The Labute approximate surface area is 118 Å². The van der Waals surface area contributed by atoms with E-state index in [1.807, 2.05) is 0 Å². The van der Waals surface area contributed by atoms with Crippen LogP contribution in [0.5, 0.6) is 0 Å². The van der Waals surface area contributed by atoms with Crippen LogP contribution in [0.4, 0.5) is 0 Å². The second-order valence-electron chi connectivity index (χ2n) is 6.05. The fraction of sp³-hybridized carbons (Fsp3) is 1.00. The van der Waals surface area contributed by atoms with Crippen LogP contribution in [0.15, 0.2) is 0 Å². The van der Waals surface area contributed by atoms with Crippen molar-refractivity contribution in [1.82, 2.24) is 10.2 Å². The molecule has 0 saturated carbocycles. The number of likely N-dealkylation sites (N-methyl/N-ethyl adjacent to an activating group) is 1. The summed E-state index contributed by atoms with van der Waals surface area (Å²) in [7, 11) is 3.96. The van der Waals surface area contributed by atoms with Gasteiger partial charge in [-0.15, -0.1) is 0 Å². The minimum absolute atomic E-state index is 0.268. The summed E-state index contributed by atoms with van der Waals surface area (Å²) < 4.78 is 11.0. The van der Waals surface area contributed by atoms with Gasteiger partial charge in [0.15, 0.2) is 0 Å². The Hall–Kier alpha value is -0.160. The molecule has 0 aliphatic carbocycles. The number of rotatable bonds is 9. The quantitative estimate of drug-likeness (QED) is 0.648. The van der Waals surface area contributed by atoms with Crippen LogP contribution in [0, 0.1) is 5.41 Å². The van der Waals surface area contributed by atoms with Crippen LogP contribution < -0.4 is 5.32 Å². The molecular formula is C15H32N2O2. The highest BCUT2D eigenvalue weighted by Crippen LogP contribution is 2.29. The molecule has 1 saturated heterocycles. The van der Waals surface area contributed by atoms with Crippen molar-refractivity contribution in [2.45, 2.75) is 39.2 Å². The normalized spacial score (nSPS) is 25.7. The fourth-order valence-electron chi connectivity index (χ4n) is 2.81. The lowest BCUT2D eigenvalue weighted by Crippen LogP contribution is -2.50. The molecule has 0 aromatic carbocycles. The number of nitrogens with zero attached hydrogens (tertiary/aromatic N) is 1. The van der Waals surface area contributed by atoms with Gasteiger partial charge in [-0.05, 0) is 39.8 Å². The van der Waals surface area contributed by atoms with Crippen LogP contribution >= 0.6 is 0 Å². The van der Waals surface area contributed by atoms with Gasteiger partial charge < -0.3 is 19.7 Å². The molecule has 4 heteroatoms. The van der Waals surface area contributed by atoms with Crippen LogP contribution in [-0.4, -0.2) is 64.6 Å². The number of hydrogen-bond acceptors (Lipinski definition) is 4. The largest absolute Gasteiger partial charge is 0.383 e. The zero-order valence-electron chi connectivity index (χ0n) is 13.2. The molecule has 0 radical (unpaired) electrons. The molecule has 0 aromatic rings. The second kappa shape index (κ2) is 8.90. The minimum Gasteiger partial charge on any atom is -0.383 e. The predicted molar refractivity (Wildman–Crippen MR) is 79.6 cm³/mol. The van der Waals surface area contributed by atoms with E-state index in [1.165, 1.54) is 19.3 Å². The Morgan fingerprint density at radius 3 is 2.84 bits per heavy atom. The van der Waals surface area contributed by atoms with Crippen molar-refractivity contribution in [3.8, 4) is 0 Å². The monoisotopic (exact) mass is 272 g/mol. The summed E-state index contributed by atoms with van der Waals surface area (Å²) in [4.78, 5) is 2.41. The number of ether oxygens (including phenoxy) is 2. The maximum Gasteiger partial charge on any atom is 0.0615 e. The van der Waals surface area contributed by atoms with E-state index in [-0.39, 0.29) is 5.41 Å². The first-order chi connectivity index (χ1) is 9.13. The summed E-state index contributed by atoms with van der Waals surface area (Å²) in [6, 6.07) is 0.454. The summed E-state index contributed by atoms with van der Waals surface area (Å²) in [6.45, 7) is 10.3. The molecule has 1 rings (SSSR count). The predicted octanol–water partition coefficient (Wildman–Crippen LogP) is 1.75. The van der Waals surface area contributed by atoms with Gasteiger partial charge in [-0.25, -0.2) is 0 Å². The lowest BCUT2D eigenvalue weighted by atomic mass is 9.81. The smallest absolute Gasteiger partial charge is 0.0615 e. The van der Waals surface area contributed by atoms with E-state index in [0.29, 0.717) is 6.04 Å². The fourth-order valence-corrected chi connectivity index (χ4v) is 2.81. The Kier molecular flexibility index (Phi) is 7.91. The van der Waals surface area contributed by atoms with E-state index in [9.17, 15) is 0 Å². The summed E-state index contributed by atoms with van der Waals surface area (Å²) in [5, 5.41) is 3.58. The minimum atomic E-state index is 0.268. The van der Waals surface area contributed by atoms with Crippen molar-refractivity contribution in [1.29, 1.82) is 0 Å². The number of nitrogens with one attached hydrogen (secondary N) is 1. The van der Waals surface area contributed by atoms with Gasteiger partial charge in [0.1, 0.15) is 0 Å². The molecular weight excluding hydrogens is 240 g/mol. The zero-order valence-corrected chi connectivity index (χ0v) is 13.2. The van der Waals surface area contributed by atoms with E-state index in [1.54, 1.807) is 7.11 Å². The van der Waals surface area contributed by atoms with Crippen LogP contribution in [0.3, 0.4) is 0 Å². The molecule has 4 nitrogen and oxygen atoms in total. The summed E-state index contributed by atoms with van der Waals surface area (Å²) in [5.41, 5.74) is 0.268. The molecule has 0 bridgehead atoms. The lowest BCUT2D eigenvalue weighted by Gasteiger charge is -2.41. The highest BCUT2D eigenvalue weighted by Gasteiger charge is 2.34. The average molecular weight is 272 g/mol. The Balaban J connectivity index is 2.52. The van der Waals surface area contributed by atoms with Crippen LogP contribution in [-0.2, 0) is 9.47 Å². The first-order valence-electron chi connectivity index (χ1n) is 7.61. The third kappa shape index (κ3) is 5.78. The Morgan fingerprint density at radius 2 is 2.26 bits per heavy atom. The number of hydrogen-bond donors (Lipinski definition) is 1. The van der Waals surface area contributed by atoms with E-state index in [0.717, 1.165) is 39.5 Å². The molecule has 1 heterocycles. The standard InChI is InChI=1S/C15H32N2O2/c1-5-8-16-11-15(7-6-9-19-13-15)12-17(3)14(2)10-18-4/h14,16H,5-13H2,1-4H3. The molecule has 0 aromatic heterocycles. The van der Waals surface area contributed by atoms with Gasteiger partial charge in [-0.1, -0.05) is 6.92 Å². The van der Waals surface area contributed by atoms with Crippen molar-refractivity contribution >= 4 is 0 Å². The van der Waals surface area contributed by atoms with E-state index in [4.69, 9.17) is 9.47 Å². The van der Waals surface area contributed by atoms with Crippen molar-refractivity contribution in [2.75, 3.05) is 53.6 Å². The molecule has 0 amide bonds. The molecule has 114 valence electrons. The summed E-state index contributed by atoms with van der Waals surface area (Å²) >= 11 is 0. The second-order valence-corrected chi connectivity index (χ2v) is 6.05. The molecule has 0 spiro atoms. The Morgan fingerprint density at radius 1 is 1.47 bits per heavy atom. The zero-order chi connectivity index (χ0) is 14.1. The Bertz CT molecular complexity index is 230.